The minimum absolute atomic E-state index is 0.0305. The number of nitro benzene ring substituents is 1. The third-order valence-electron chi connectivity index (χ3n) is 2.84. The van der Waals surface area contributed by atoms with Crippen LogP contribution in [0.1, 0.15) is 11.1 Å². The topological polar surface area (TPSA) is 60.2 Å². The molecule has 0 unspecified atom stereocenters. The molecule has 102 valence electrons. The lowest BCUT2D eigenvalue weighted by Crippen LogP contribution is -2.06. The van der Waals surface area contributed by atoms with Crippen molar-refractivity contribution in [2.75, 3.05) is 0 Å². The first kappa shape index (κ1) is 13.9. The Bertz CT molecular complexity index is 638. The Hall–Kier alpha value is -2.56. The highest BCUT2D eigenvalue weighted by Crippen LogP contribution is 2.14. The van der Waals surface area contributed by atoms with Gasteiger partial charge in [-0.15, -0.1) is 0 Å². The van der Waals surface area contributed by atoms with Crippen molar-refractivity contribution in [3.8, 4) is 0 Å². The van der Waals surface area contributed by atoms with Gasteiger partial charge in [0.25, 0.3) is 5.69 Å². The highest BCUT2D eigenvalue weighted by Gasteiger charge is 2.09. The molecular weight excluding hydrogens is 261 g/mol. The van der Waals surface area contributed by atoms with Crippen LogP contribution in [-0.2, 0) is 17.6 Å². The first-order valence-corrected chi connectivity index (χ1v) is 6.04. The highest BCUT2D eigenvalue weighted by atomic mass is 19.1. The first-order valence-electron chi connectivity index (χ1n) is 6.04. The summed E-state index contributed by atoms with van der Waals surface area (Å²) in [6.45, 7) is 0. The van der Waals surface area contributed by atoms with Crippen LogP contribution in [-0.4, -0.2) is 10.7 Å². The summed E-state index contributed by atoms with van der Waals surface area (Å²) < 4.78 is 12.7. The van der Waals surface area contributed by atoms with Crippen molar-refractivity contribution >= 4 is 11.5 Å². The summed E-state index contributed by atoms with van der Waals surface area (Å²) in [6, 6.07) is 11.7. The van der Waals surface area contributed by atoms with Crippen LogP contribution in [0.15, 0.2) is 48.5 Å². The molecule has 2 aromatic carbocycles. The Morgan fingerprint density at radius 3 is 2.35 bits per heavy atom. The SMILES string of the molecule is O=C(Cc1ccc(F)cc1)Cc1cccc([N+](=O)[O-])c1. The standard InChI is InChI=1S/C15H12FNO3/c16-13-6-4-11(5-7-13)9-15(18)10-12-2-1-3-14(8-12)17(19)20/h1-8H,9-10H2. The number of hydrogen-bond donors (Lipinski definition) is 0. The van der Waals surface area contributed by atoms with E-state index in [9.17, 15) is 19.3 Å². The van der Waals surface area contributed by atoms with Gasteiger partial charge >= 0.3 is 0 Å². The van der Waals surface area contributed by atoms with E-state index in [1.165, 1.54) is 24.3 Å². The molecule has 2 aromatic rings. The molecule has 0 bridgehead atoms. The Kier molecular flexibility index (Phi) is 4.20. The van der Waals surface area contributed by atoms with Gasteiger partial charge in [0.2, 0.25) is 0 Å². The predicted octanol–water partition coefficient (Wildman–Crippen LogP) is 3.09. The van der Waals surface area contributed by atoms with Crippen molar-refractivity contribution in [1.29, 1.82) is 0 Å². The summed E-state index contributed by atoms with van der Waals surface area (Å²) in [5.41, 5.74) is 1.30. The van der Waals surface area contributed by atoms with Gasteiger partial charge in [0.1, 0.15) is 11.6 Å². The van der Waals surface area contributed by atoms with Gasteiger partial charge in [0, 0.05) is 25.0 Å². The average molecular weight is 273 g/mol. The maximum atomic E-state index is 12.7. The van der Waals surface area contributed by atoms with Crippen molar-refractivity contribution in [2.45, 2.75) is 12.8 Å². The van der Waals surface area contributed by atoms with E-state index in [0.717, 1.165) is 5.56 Å². The maximum Gasteiger partial charge on any atom is 0.269 e. The van der Waals surface area contributed by atoms with E-state index < -0.39 is 4.92 Å². The number of nitrogens with zero attached hydrogens (tertiary/aromatic N) is 1. The van der Waals surface area contributed by atoms with Crippen LogP contribution in [0.4, 0.5) is 10.1 Å². The molecule has 0 aromatic heterocycles. The van der Waals surface area contributed by atoms with Crippen LogP contribution in [0.3, 0.4) is 0 Å². The summed E-state index contributed by atoms with van der Waals surface area (Å²) in [5, 5.41) is 10.6. The second kappa shape index (κ2) is 6.06. The van der Waals surface area contributed by atoms with E-state index in [1.807, 2.05) is 0 Å². The molecule has 5 heteroatoms. The minimum Gasteiger partial charge on any atom is -0.299 e. The van der Waals surface area contributed by atoms with Crippen LogP contribution >= 0.6 is 0 Å². The zero-order chi connectivity index (χ0) is 14.5. The largest absolute Gasteiger partial charge is 0.299 e. The molecule has 0 saturated carbocycles. The molecule has 0 aliphatic carbocycles. The molecule has 0 N–H and O–H groups in total. The van der Waals surface area contributed by atoms with E-state index in [1.54, 1.807) is 24.3 Å². The van der Waals surface area contributed by atoms with Crippen molar-refractivity contribution in [1.82, 2.24) is 0 Å². The lowest BCUT2D eigenvalue weighted by Gasteiger charge is -2.02. The molecule has 4 nitrogen and oxygen atoms in total. The molecule has 0 aliphatic rings. The summed E-state index contributed by atoms with van der Waals surface area (Å²) in [6.07, 6.45) is 0.308. The van der Waals surface area contributed by atoms with Gasteiger partial charge in [-0.3, -0.25) is 14.9 Å². The highest BCUT2D eigenvalue weighted by molar-refractivity contribution is 5.83. The third kappa shape index (κ3) is 3.71. The fourth-order valence-electron chi connectivity index (χ4n) is 1.90. The Morgan fingerprint density at radius 1 is 1.05 bits per heavy atom. The van der Waals surface area contributed by atoms with Gasteiger partial charge in [0.15, 0.2) is 0 Å². The smallest absolute Gasteiger partial charge is 0.269 e. The number of carbonyl (C=O) groups excluding carboxylic acids is 1. The monoisotopic (exact) mass is 273 g/mol. The van der Waals surface area contributed by atoms with Gasteiger partial charge in [-0.05, 0) is 23.3 Å². The average Bonchev–Trinajstić information content (AvgIpc) is 2.41. The summed E-state index contributed by atoms with van der Waals surface area (Å²) in [5.74, 6) is -0.419. The summed E-state index contributed by atoms with van der Waals surface area (Å²) in [7, 11) is 0. The summed E-state index contributed by atoms with van der Waals surface area (Å²) in [4.78, 5) is 22.0. The predicted molar refractivity (Wildman–Crippen MR) is 71.9 cm³/mol. The van der Waals surface area contributed by atoms with Crippen molar-refractivity contribution in [2.24, 2.45) is 0 Å². The second-order valence-electron chi connectivity index (χ2n) is 4.45. The number of nitro groups is 1. The molecule has 0 amide bonds. The number of Topliss-reactive ketones (excluding diaryl/α,β-unsaturated/α-hetero) is 1. The molecule has 0 fully saturated rings. The van der Waals surface area contributed by atoms with E-state index in [2.05, 4.69) is 0 Å². The van der Waals surface area contributed by atoms with Crippen LogP contribution in [0.25, 0.3) is 0 Å². The number of ketones is 1. The molecule has 0 spiro atoms. The number of hydrogen-bond acceptors (Lipinski definition) is 3. The lowest BCUT2D eigenvalue weighted by molar-refractivity contribution is -0.384. The van der Waals surface area contributed by atoms with E-state index in [-0.39, 0.29) is 30.1 Å². The zero-order valence-corrected chi connectivity index (χ0v) is 10.6. The van der Waals surface area contributed by atoms with Gasteiger partial charge in [-0.1, -0.05) is 24.3 Å². The maximum absolute atomic E-state index is 12.7. The van der Waals surface area contributed by atoms with E-state index in [0.29, 0.717) is 5.56 Å². The Balaban J connectivity index is 2.02. The van der Waals surface area contributed by atoms with Crippen LogP contribution < -0.4 is 0 Å². The Morgan fingerprint density at radius 2 is 1.70 bits per heavy atom. The second-order valence-corrected chi connectivity index (χ2v) is 4.45. The van der Waals surface area contributed by atoms with Gasteiger partial charge in [0.05, 0.1) is 4.92 Å². The fourth-order valence-corrected chi connectivity index (χ4v) is 1.90. The molecule has 2 rings (SSSR count). The molecule has 0 saturated heterocycles. The molecule has 0 heterocycles. The number of benzene rings is 2. The fraction of sp³-hybridized carbons (Fsp3) is 0.133. The molecule has 0 aliphatic heterocycles. The van der Waals surface area contributed by atoms with Gasteiger partial charge in [-0.2, -0.15) is 0 Å². The number of halogens is 1. The van der Waals surface area contributed by atoms with Crippen LogP contribution in [0.2, 0.25) is 0 Å². The van der Waals surface area contributed by atoms with Gasteiger partial charge < -0.3 is 0 Å². The minimum atomic E-state index is -0.492. The zero-order valence-electron chi connectivity index (χ0n) is 10.6. The van der Waals surface area contributed by atoms with E-state index >= 15 is 0 Å². The van der Waals surface area contributed by atoms with Crippen LogP contribution in [0, 0.1) is 15.9 Å². The number of carbonyl (C=O) groups is 1. The van der Waals surface area contributed by atoms with Crippen molar-refractivity contribution in [3.63, 3.8) is 0 Å². The normalized spacial score (nSPS) is 10.2. The van der Waals surface area contributed by atoms with Crippen molar-refractivity contribution < 1.29 is 14.1 Å². The third-order valence-corrected chi connectivity index (χ3v) is 2.84. The number of non-ortho nitro benzene ring substituents is 1. The van der Waals surface area contributed by atoms with E-state index in [4.69, 9.17) is 0 Å². The number of rotatable bonds is 5. The quantitative estimate of drug-likeness (QED) is 0.621. The molecule has 20 heavy (non-hydrogen) atoms. The van der Waals surface area contributed by atoms with Gasteiger partial charge in [-0.25, -0.2) is 4.39 Å². The molecular formula is C15H12FNO3. The van der Waals surface area contributed by atoms with Crippen molar-refractivity contribution in [3.05, 3.63) is 75.6 Å². The first-order chi connectivity index (χ1) is 9.54. The lowest BCUT2D eigenvalue weighted by atomic mass is 10.0. The summed E-state index contributed by atoms with van der Waals surface area (Å²) >= 11 is 0. The molecule has 0 atom stereocenters. The van der Waals surface area contributed by atoms with Crippen LogP contribution in [0.5, 0.6) is 0 Å². The molecule has 0 radical (unpaired) electrons. The Labute approximate surface area is 115 Å².